The summed E-state index contributed by atoms with van der Waals surface area (Å²) in [5.41, 5.74) is 0. The molecule has 0 fully saturated rings. The lowest BCUT2D eigenvalue weighted by Crippen LogP contribution is -2.18. The summed E-state index contributed by atoms with van der Waals surface area (Å²) in [6.45, 7) is 0. The van der Waals surface area contributed by atoms with Crippen LogP contribution < -0.4 is 26.5 Å². The normalized spacial score (nSPS) is 12.1. The molecule has 0 spiro atoms. The Bertz CT molecular complexity index is 1250. The van der Waals surface area contributed by atoms with Crippen molar-refractivity contribution in [1.82, 2.24) is 0 Å². The fourth-order valence-electron chi connectivity index (χ4n) is 4.90. The van der Waals surface area contributed by atoms with Crippen molar-refractivity contribution in [1.29, 1.82) is 0 Å². The third-order valence-electron chi connectivity index (χ3n) is 6.80. The molecule has 38 heavy (non-hydrogen) atoms. The molecule has 0 radical (unpaired) electrons. The first-order valence-corrected chi connectivity index (χ1v) is 18.2. The molecule has 3 heteroatoms. The topological polar surface area (TPSA) is 0 Å². The van der Waals surface area contributed by atoms with Crippen LogP contribution in [-0.2, 0) is 0 Å². The van der Waals surface area contributed by atoms with E-state index in [0.717, 1.165) is 0 Å². The van der Waals surface area contributed by atoms with E-state index in [-0.39, 0.29) is 23.8 Å². The first-order chi connectivity index (χ1) is 18.9. The SMILES string of the molecule is c1ccc(P(CCCP(c2ccccc2)c2ccccc2)CCP(c2ccccc2)c2ccccc2)cc1. The number of hydrogen-bond donors (Lipinski definition) is 0. The van der Waals surface area contributed by atoms with Crippen LogP contribution in [0.5, 0.6) is 0 Å². The van der Waals surface area contributed by atoms with Gasteiger partial charge >= 0.3 is 0 Å². The molecule has 1 unspecified atom stereocenters. The van der Waals surface area contributed by atoms with E-state index in [1.165, 1.54) is 52.3 Å². The number of benzene rings is 5. The van der Waals surface area contributed by atoms with E-state index < -0.39 is 0 Å². The highest BCUT2D eigenvalue weighted by Gasteiger charge is 2.19. The Morgan fingerprint density at radius 3 is 0.974 bits per heavy atom. The van der Waals surface area contributed by atoms with Gasteiger partial charge in [-0.2, -0.15) is 0 Å². The number of hydrogen-bond acceptors (Lipinski definition) is 0. The highest BCUT2D eigenvalue weighted by Crippen LogP contribution is 2.43. The standard InChI is InChI=1S/C35H35P3/c1-6-17-31(18-7-1)36(29-30-38(34-23-12-4-13-24-34)35-25-14-5-15-26-35)27-16-28-37(32-19-8-2-9-20-32)33-21-10-3-11-22-33/h1-15,17-26H,16,27-30H2. The largest absolute Gasteiger partial charge is 0.0749 e. The fourth-order valence-corrected chi connectivity index (χ4v) is 13.0. The molecule has 0 nitrogen and oxygen atoms in total. The van der Waals surface area contributed by atoms with Gasteiger partial charge in [0.15, 0.2) is 0 Å². The molecule has 0 aliphatic heterocycles. The smallest absolute Gasteiger partial charge is 0.0195 e. The summed E-state index contributed by atoms with van der Waals surface area (Å²) in [5.74, 6) is 0. The molecular weight excluding hydrogens is 513 g/mol. The monoisotopic (exact) mass is 548 g/mol. The average Bonchev–Trinajstić information content (AvgIpc) is 3.01. The maximum atomic E-state index is 2.37. The average molecular weight is 549 g/mol. The zero-order chi connectivity index (χ0) is 25.8. The van der Waals surface area contributed by atoms with Gasteiger partial charge in [-0.15, -0.1) is 0 Å². The number of rotatable bonds is 12. The Morgan fingerprint density at radius 2 is 0.605 bits per heavy atom. The van der Waals surface area contributed by atoms with Crippen LogP contribution in [-0.4, -0.2) is 24.6 Å². The molecule has 0 aliphatic carbocycles. The van der Waals surface area contributed by atoms with E-state index >= 15 is 0 Å². The van der Waals surface area contributed by atoms with Crippen LogP contribution >= 0.6 is 23.8 Å². The Hall–Kier alpha value is -2.61. The molecule has 0 saturated heterocycles. The van der Waals surface area contributed by atoms with Gasteiger partial charge in [-0.05, 0) is 73.4 Å². The van der Waals surface area contributed by atoms with Crippen molar-refractivity contribution in [3.63, 3.8) is 0 Å². The van der Waals surface area contributed by atoms with Crippen molar-refractivity contribution in [3.8, 4) is 0 Å². The third kappa shape index (κ3) is 7.49. The maximum Gasteiger partial charge on any atom is -0.0195 e. The van der Waals surface area contributed by atoms with E-state index in [1.54, 1.807) is 5.30 Å². The first-order valence-electron chi connectivity index (χ1n) is 13.4. The van der Waals surface area contributed by atoms with Gasteiger partial charge in [0.2, 0.25) is 0 Å². The van der Waals surface area contributed by atoms with E-state index in [4.69, 9.17) is 0 Å². The lowest BCUT2D eigenvalue weighted by Gasteiger charge is -2.25. The molecule has 0 aromatic heterocycles. The summed E-state index contributed by atoms with van der Waals surface area (Å²) in [7, 11) is -0.894. The second-order valence-corrected chi connectivity index (χ2v) is 16.5. The predicted molar refractivity (Wildman–Crippen MR) is 175 cm³/mol. The van der Waals surface area contributed by atoms with Crippen molar-refractivity contribution in [2.75, 3.05) is 24.6 Å². The molecule has 1 atom stereocenters. The second kappa shape index (κ2) is 14.5. The predicted octanol–water partition coefficient (Wildman–Crippen LogP) is 7.45. The molecule has 0 amide bonds. The van der Waals surface area contributed by atoms with Gasteiger partial charge in [0.05, 0.1) is 0 Å². The molecule has 190 valence electrons. The van der Waals surface area contributed by atoms with Crippen LogP contribution in [0.25, 0.3) is 0 Å². The van der Waals surface area contributed by atoms with Crippen LogP contribution in [0.2, 0.25) is 0 Å². The highest BCUT2D eigenvalue weighted by atomic mass is 31.1. The Balaban J connectivity index is 1.33. The highest BCUT2D eigenvalue weighted by molar-refractivity contribution is 7.74. The summed E-state index contributed by atoms with van der Waals surface area (Å²) >= 11 is 0. The van der Waals surface area contributed by atoms with E-state index in [2.05, 4.69) is 152 Å². The molecular formula is C35H35P3. The molecule has 0 saturated carbocycles. The molecule has 0 bridgehead atoms. The Kier molecular flexibility index (Phi) is 10.3. The van der Waals surface area contributed by atoms with Gasteiger partial charge in [0, 0.05) is 0 Å². The summed E-state index contributed by atoms with van der Waals surface area (Å²) in [4.78, 5) is 0. The molecule has 5 rings (SSSR count). The summed E-state index contributed by atoms with van der Waals surface area (Å²) in [5, 5.41) is 7.54. The van der Waals surface area contributed by atoms with Crippen molar-refractivity contribution in [2.24, 2.45) is 0 Å². The van der Waals surface area contributed by atoms with Crippen molar-refractivity contribution < 1.29 is 0 Å². The Morgan fingerprint density at radius 1 is 0.289 bits per heavy atom. The molecule has 5 aromatic rings. The van der Waals surface area contributed by atoms with Crippen molar-refractivity contribution >= 4 is 50.3 Å². The van der Waals surface area contributed by atoms with Crippen LogP contribution in [0.4, 0.5) is 0 Å². The second-order valence-electron chi connectivity index (χ2n) is 9.32. The van der Waals surface area contributed by atoms with Crippen LogP contribution in [0.1, 0.15) is 6.42 Å². The molecule has 0 heterocycles. The van der Waals surface area contributed by atoms with E-state index in [0.29, 0.717) is 0 Å². The molecule has 0 aliphatic rings. The van der Waals surface area contributed by atoms with E-state index in [9.17, 15) is 0 Å². The molecule has 5 aromatic carbocycles. The lowest BCUT2D eigenvalue weighted by atomic mass is 10.4. The zero-order valence-electron chi connectivity index (χ0n) is 21.8. The molecule has 0 N–H and O–H groups in total. The van der Waals surface area contributed by atoms with Gasteiger partial charge in [0.25, 0.3) is 0 Å². The van der Waals surface area contributed by atoms with Gasteiger partial charge in [-0.1, -0.05) is 160 Å². The zero-order valence-corrected chi connectivity index (χ0v) is 24.5. The van der Waals surface area contributed by atoms with Crippen LogP contribution in [0.3, 0.4) is 0 Å². The third-order valence-corrected chi connectivity index (χ3v) is 14.9. The first kappa shape index (κ1) is 27.0. The Labute approximate surface area is 232 Å². The van der Waals surface area contributed by atoms with Crippen LogP contribution in [0, 0.1) is 0 Å². The summed E-state index contributed by atoms with van der Waals surface area (Å²) < 4.78 is 0. The quantitative estimate of drug-likeness (QED) is 0.142. The van der Waals surface area contributed by atoms with Gasteiger partial charge in [-0.3, -0.25) is 0 Å². The van der Waals surface area contributed by atoms with Crippen molar-refractivity contribution in [3.05, 3.63) is 152 Å². The minimum Gasteiger partial charge on any atom is -0.0749 e. The summed E-state index contributed by atoms with van der Waals surface area (Å²) in [6.07, 6.45) is 6.34. The van der Waals surface area contributed by atoms with Gasteiger partial charge in [0.1, 0.15) is 0 Å². The summed E-state index contributed by atoms with van der Waals surface area (Å²) in [6, 6.07) is 56.1. The van der Waals surface area contributed by atoms with Crippen LogP contribution in [0.15, 0.2) is 152 Å². The van der Waals surface area contributed by atoms with Gasteiger partial charge < -0.3 is 0 Å². The van der Waals surface area contributed by atoms with Gasteiger partial charge in [-0.25, -0.2) is 0 Å². The minimum atomic E-state index is -0.353. The van der Waals surface area contributed by atoms with E-state index in [1.807, 2.05) is 0 Å². The lowest BCUT2D eigenvalue weighted by molar-refractivity contribution is 1.11. The minimum absolute atomic E-state index is 0.211. The van der Waals surface area contributed by atoms with Crippen molar-refractivity contribution in [2.45, 2.75) is 6.42 Å². The maximum absolute atomic E-state index is 2.37. The fraction of sp³-hybridized carbons (Fsp3) is 0.143.